The van der Waals surface area contributed by atoms with Crippen molar-refractivity contribution >= 4 is 5.84 Å². The minimum Gasteiger partial charge on any atom is -0.409 e. The molecule has 0 saturated carbocycles. The molecule has 0 amide bonds. The van der Waals surface area contributed by atoms with E-state index in [4.69, 9.17) is 10.9 Å². The molecule has 20 heavy (non-hydrogen) atoms. The second-order valence-corrected chi connectivity index (χ2v) is 5.31. The quantitative estimate of drug-likeness (QED) is 0.252. The van der Waals surface area contributed by atoms with Crippen LogP contribution in [0.2, 0.25) is 0 Å². The molecule has 1 heterocycles. The third-order valence-electron chi connectivity index (χ3n) is 3.36. The van der Waals surface area contributed by atoms with E-state index in [1.807, 2.05) is 12.1 Å². The topological polar surface area (TPSA) is 74.7 Å². The van der Waals surface area contributed by atoms with Gasteiger partial charge >= 0.3 is 0 Å². The molecule has 0 atom stereocenters. The summed E-state index contributed by atoms with van der Waals surface area (Å²) in [5, 5.41) is 11.7. The van der Waals surface area contributed by atoms with Crippen LogP contribution in [0.15, 0.2) is 23.5 Å². The Bertz CT molecular complexity index is 432. The molecule has 0 aliphatic rings. The summed E-state index contributed by atoms with van der Waals surface area (Å²) < 4.78 is 0. The number of oxime groups is 1. The summed E-state index contributed by atoms with van der Waals surface area (Å²) in [4.78, 5) is 6.54. The summed E-state index contributed by atoms with van der Waals surface area (Å²) >= 11 is 0. The summed E-state index contributed by atoms with van der Waals surface area (Å²) in [5.74, 6) is 0.0499. The Kier molecular flexibility index (Phi) is 7.01. The van der Waals surface area contributed by atoms with Gasteiger partial charge in [-0.2, -0.15) is 0 Å². The summed E-state index contributed by atoms with van der Waals surface area (Å²) in [6.45, 7) is 8.57. The van der Waals surface area contributed by atoms with Crippen molar-refractivity contribution in [2.75, 3.05) is 6.54 Å². The van der Waals surface area contributed by atoms with Crippen molar-refractivity contribution < 1.29 is 5.21 Å². The molecule has 1 aromatic rings. The first-order valence-corrected chi connectivity index (χ1v) is 7.25. The van der Waals surface area contributed by atoms with Gasteiger partial charge in [0.15, 0.2) is 5.84 Å². The van der Waals surface area contributed by atoms with E-state index < -0.39 is 0 Å². The number of unbranched alkanes of at least 4 members (excludes halogenated alkanes) is 2. The van der Waals surface area contributed by atoms with E-state index in [1.54, 1.807) is 6.20 Å². The number of aromatic nitrogens is 1. The highest BCUT2D eigenvalue weighted by Gasteiger charge is 2.11. The monoisotopic (exact) mass is 278 g/mol. The van der Waals surface area contributed by atoms with Gasteiger partial charge in [0.25, 0.3) is 0 Å². The summed E-state index contributed by atoms with van der Waals surface area (Å²) in [6.07, 6.45) is 5.41. The molecule has 0 aromatic carbocycles. The first-order chi connectivity index (χ1) is 9.58. The highest BCUT2D eigenvalue weighted by Crippen LogP contribution is 2.11. The summed E-state index contributed by atoms with van der Waals surface area (Å²) in [5.41, 5.74) is 7.22. The Morgan fingerprint density at radius 3 is 2.80 bits per heavy atom. The Labute approximate surface area is 121 Å². The third kappa shape index (κ3) is 5.17. The molecule has 0 radical (unpaired) electrons. The molecule has 5 nitrogen and oxygen atoms in total. The molecule has 0 unspecified atom stereocenters. The zero-order valence-electron chi connectivity index (χ0n) is 12.7. The molecule has 0 aliphatic heterocycles. The molecule has 0 fully saturated rings. The number of nitrogens with two attached hydrogens (primary N) is 1. The highest BCUT2D eigenvalue weighted by atomic mass is 16.4. The van der Waals surface area contributed by atoms with Crippen molar-refractivity contribution in [1.29, 1.82) is 0 Å². The maximum atomic E-state index is 8.71. The zero-order valence-corrected chi connectivity index (χ0v) is 12.7. The Morgan fingerprint density at radius 1 is 1.45 bits per heavy atom. The lowest BCUT2D eigenvalue weighted by atomic mass is 10.1. The van der Waals surface area contributed by atoms with Crippen LogP contribution in [0, 0.1) is 0 Å². The first-order valence-electron chi connectivity index (χ1n) is 7.25. The number of nitrogens with zero attached hydrogens (tertiary/aromatic N) is 3. The van der Waals surface area contributed by atoms with Gasteiger partial charge < -0.3 is 10.9 Å². The molecular weight excluding hydrogens is 252 g/mol. The van der Waals surface area contributed by atoms with Gasteiger partial charge in [0.2, 0.25) is 0 Å². The van der Waals surface area contributed by atoms with Crippen molar-refractivity contribution in [2.24, 2.45) is 10.9 Å². The van der Waals surface area contributed by atoms with Gasteiger partial charge in [-0.15, -0.1) is 0 Å². The maximum Gasteiger partial charge on any atom is 0.188 e. The van der Waals surface area contributed by atoms with Crippen LogP contribution in [0.3, 0.4) is 0 Å². The largest absolute Gasteiger partial charge is 0.409 e. The van der Waals surface area contributed by atoms with Gasteiger partial charge in [-0.1, -0.05) is 24.9 Å². The Morgan fingerprint density at radius 2 is 2.20 bits per heavy atom. The number of hydrogen-bond donors (Lipinski definition) is 2. The average Bonchev–Trinajstić information content (AvgIpc) is 2.45. The molecule has 1 rings (SSSR count). The number of pyridine rings is 1. The number of amidine groups is 1. The van der Waals surface area contributed by atoms with Gasteiger partial charge in [-0.05, 0) is 44.5 Å². The van der Waals surface area contributed by atoms with E-state index in [9.17, 15) is 0 Å². The van der Waals surface area contributed by atoms with E-state index in [0.29, 0.717) is 11.7 Å². The third-order valence-corrected chi connectivity index (χ3v) is 3.36. The van der Waals surface area contributed by atoms with E-state index in [-0.39, 0.29) is 5.84 Å². The van der Waals surface area contributed by atoms with Crippen LogP contribution in [-0.2, 0) is 6.54 Å². The molecule has 1 aromatic heterocycles. The number of hydrogen-bond acceptors (Lipinski definition) is 4. The first kappa shape index (κ1) is 16.4. The van der Waals surface area contributed by atoms with Crippen molar-refractivity contribution in [3.05, 3.63) is 29.6 Å². The summed E-state index contributed by atoms with van der Waals surface area (Å²) in [6, 6.07) is 4.35. The van der Waals surface area contributed by atoms with Gasteiger partial charge in [-0.25, -0.2) is 0 Å². The fourth-order valence-electron chi connectivity index (χ4n) is 2.08. The van der Waals surface area contributed by atoms with Crippen molar-refractivity contribution in [2.45, 2.75) is 52.6 Å². The maximum absolute atomic E-state index is 8.71. The SMILES string of the molecule is CCCCCN(Cc1ccnc(C(N)=NO)c1)C(C)C. The molecule has 0 saturated heterocycles. The highest BCUT2D eigenvalue weighted by molar-refractivity contribution is 5.95. The van der Waals surface area contributed by atoms with Gasteiger partial charge in [0, 0.05) is 18.8 Å². The van der Waals surface area contributed by atoms with E-state index >= 15 is 0 Å². The minimum absolute atomic E-state index is 0.0499. The number of rotatable bonds is 8. The minimum atomic E-state index is 0.0499. The lowest BCUT2D eigenvalue weighted by Crippen LogP contribution is -2.31. The standard InChI is InChI=1S/C15H26N4O/c1-4-5-6-9-19(12(2)3)11-13-7-8-17-14(10-13)15(16)18-20/h7-8,10,12,20H,4-6,9,11H2,1-3H3,(H2,16,18). The Balaban J connectivity index is 2.73. The predicted molar refractivity (Wildman–Crippen MR) is 81.8 cm³/mol. The molecule has 0 spiro atoms. The van der Waals surface area contributed by atoms with Crippen molar-refractivity contribution in [3.63, 3.8) is 0 Å². The van der Waals surface area contributed by atoms with Crippen LogP contribution in [0.25, 0.3) is 0 Å². The van der Waals surface area contributed by atoms with Crippen molar-refractivity contribution in [3.8, 4) is 0 Å². The molecular formula is C15H26N4O. The second kappa shape index (κ2) is 8.53. The summed E-state index contributed by atoms with van der Waals surface area (Å²) in [7, 11) is 0. The van der Waals surface area contributed by atoms with Gasteiger partial charge in [-0.3, -0.25) is 9.88 Å². The zero-order chi connectivity index (χ0) is 15.0. The van der Waals surface area contributed by atoms with Crippen LogP contribution in [0.5, 0.6) is 0 Å². The van der Waals surface area contributed by atoms with E-state index in [2.05, 4.69) is 35.8 Å². The van der Waals surface area contributed by atoms with Gasteiger partial charge in [0.05, 0.1) is 0 Å². The fraction of sp³-hybridized carbons (Fsp3) is 0.600. The van der Waals surface area contributed by atoms with Crippen LogP contribution < -0.4 is 5.73 Å². The van der Waals surface area contributed by atoms with E-state index in [0.717, 1.165) is 18.7 Å². The van der Waals surface area contributed by atoms with Crippen LogP contribution in [0.4, 0.5) is 0 Å². The molecule has 3 N–H and O–H groups in total. The molecule has 0 bridgehead atoms. The molecule has 0 aliphatic carbocycles. The molecule has 112 valence electrons. The smallest absolute Gasteiger partial charge is 0.188 e. The normalized spacial score (nSPS) is 12.3. The lowest BCUT2D eigenvalue weighted by Gasteiger charge is -2.26. The van der Waals surface area contributed by atoms with Crippen LogP contribution in [0.1, 0.15) is 51.3 Å². The van der Waals surface area contributed by atoms with Gasteiger partial charge in [0.1, 0.15) is 5.69 Å². The van der Waals surface area contributed by atoms with Crippen LogP contribution in [-0.4, -0.2) is 33.5 Å². The van der Waals surface area contributed by atoms with Crippen molar-refractivity contribution in [1.82, 2.24) is 9.88 Å². The lowest BCUT2D eigenvalue weighted by molar-refractivity contribution is 0.208. The average molecular weight is 278 g/mol. The van der Waals surface area contributed by atoms with E-state index in [1.165, 1.54) is 19.3 Å². The Hall–Kier alpha value is -1.62. The predicted octanol–water partition coefficient (Wildman–Crippen LogP) is 2.58. The van der Waals surface area contributed by atoms with Crippen LogP contribution >= 0.6 is 0 Å². The molecule has 5 heteroatoms. The second-order valence-electron chi connectivity index (χ2n) is 5.31. The fourth-order valence-corrected chi connectivity index (χ4v) is 2.08.